The van der Waals surface area contributed by atoms with Crippen molar-refractivity contribution in [1.82, 2.24) is 0 Å². The maximum absolute atomic E-state index is 13.5. The van der Waals surface area contributed by atoms with Crippen molar-refractivity contribution in [3.63, 3.8) is 0 Å². The monoisotopic (exact) mass is 534 g/mol. The van der Waals surface area contributed by atoms with E-state index in [0.29, 0.717) is 6.42 Å². The Morgan fingerprint density at radius 3 is 1.81 bits per heavy atom. The van der Waals surface area contributed by atoms with Gasteiger partial charge in [0.15, 0.2) is 5.41 Å². The van der Waals surface area contributed by atoms with E-state index in [1.165, 1.54) is 13.8 Å². The van der Waals surface area contributed by atoms with Gasteiger partial charge in [0.2, 0.25) is 0 Å². The van der Waals surface area contributed by atoms with Crippen LogP contribution in [0.3, 0.4) is 0 Å². The van der Waals surface area contributed by atoms with Crippen molar-refractivity contribution < 1.29 is 46.1 Å². The van der Waals surface area contributed by atoms with Gasteiger partial charge in [-0.15, -0.1) is 0 Å². The third kappa shape index (κ3) is 10.5. The van der Waals surface area contributed by atoms with Gasteiger partial charge in [0.05, 0.1) is 25.9 Å². The largest absolute Gasteiger partial charge is 0.463 e. The lowest BCUT2D eigenvalue weighted by Gasteiger charge is -2.41. The van der Waals surface area contributed by atoms with Crippen LogP contribution in [0.5, 0.6) is 0 Å². The van der Waals surface area contributed by atoms with Gasteiger partial charge in [-0.3, -0.25) is 18.4 Å². The van der Waals surface area contributed by atoms with Gasteiger partial charge in [-0.2, -0.15) is 13.2 Å². The third-order valence-corrected chi connectivity index (χ3v) is 6.60. The SMILES string of the molecule is CC1C2CC(C1C)C(C(=O)OCCO)(C(F)(F)F)C2.CCC(C)C(=O)OC(C)(C)C.CCF.CCF. The highest BCUT2D eigenvalue weighted by Crippen LogP contribution is 2.66. The van der Waals surface area contributed by atoms with Gasteiger partial charge in [-0.1, -0.05) is 27.7 Å². The van der Waals surface area contributed by atoms with Gasteiger partial charge >= 0.3 is 18.1 Å². The Labute approximate surface area is 213 Å². The van der Waals surface area contributed by atoms with E-state index in [-0.39, 0.29) is 61.6 Å². The summed E-state index contributed by atoms with van der Waals surface area (Å²) in [4.78, 5) is 23.1. The molecule has 2 saturated carbocycles. The molecule has 36 heavy (non-hydrogen) atoms. The van der Waals surface area contributed by atoms with Crippen LogP contribution in [0.1, 0.15) is 81.6 Å². The highest BCUT2D eigenvalue weighted by molar-refractivity contribution is 5.79. The number of esters is 2. The first-order valence-electron chi connectivity index (χ1n) is 12.6. The molecule has 0 radical (unpaired) electrons. The lowest BCUT2D eigenvalue weighted by molar-refractivity contribution is -0.254. The Bertz CT molecular complexity index is 631. The summed E-state index contributed by atoms with van der Waals surface area (Å²) < 4.78 is 70.8. The summed E-state index contributed by atoms with van der Waals surface area (Å²) in [5.74, 6) is -1.97. The molecule has 5 nitrogen and oxygen atoms in total. The van der Waals surface area contributed by atoms with Crippen LogP contribution < -0.4 is 0 Å². The van der Waals surface area contributed by atoms with Crippen molar-refractivity contribution in [2.75, 3.05) is 26.6 Å². The molecule has 10 heteroatoms. The lowest BCUT2D eigenvalue weighted by Crippen LogP contribution is -2.53. The summed E-state index contributed by atoms with van der Waals surface area (Å²) in [6.07, 6.45) is -3.48. The molecule has 0 aromatic rings. The van der Waals surface area contributed by atoms with Crippen molar-refractivity contribution in [2.45, 2.75) is 93.4 Å². The summed E-state index contributed by atoms with van der Waals surface area (Å²) in [7, 11) is 0. The first-order valence-corrected chi connectivity index (χ1v) is 12.6. The number of carbonyl (C=O) groups excluding carboxylic acids is 2. The fourth-order valence-corrected chi connectivity index (χ4v) is 4.55. The maximum Gasteiger partial charge on any atom is 0.405 e. The number of aliphatic hydroxyl groups excluding tert-OH is 1. The van der Waals surface area contributed by atoms with E-state index in [1.54, 1.807) is 6.92 Å². The van der Waals surface area contributed by atoms with E-state index >= 15 is 0 Å². The van der Waals surface area contributed by atoms with Crippen LogP contribution in [-0.4, -0.2) is 55.4 Å². The molecule has 0 heterocycles. The van der Waals surface area contributed by atoms with E-state index < -0.39 is 30.1 Å². The van der Waals surface area contributed by atoms with Crippen LogP contribution in [0.25, 0.3) is 0 Å². The molecule has 6 atom stereocenters. The molecule has 216 valence electrons. The molecule has 0 amide bonds. The average Bonchev–Trinajstić information content (AvgIpc) is 3.29. The number of carbonyl (C=O) groups is 2. The van der Waals surface area contributed by atoms with Crippen molar-refractivity contribution in [1.29, 1.82) is 0 Å². The molecule has 2 aliphatic carbocycles. The fourth-order valence-electron chi connectivity index (χ4n) is 4.55. The van der Waals surface area contributed by atoms with Crippen molar-refractivity contribution >= 4 is 11.9 Å². The van der Waals surface area contributed by atoms with Gasteiger partial charge < -0.3 is 14.6 Å². The predicted molar refractivity (Wildman–Crippen MR) is 130 cm³/mol. The first-order chi connectivity index (χ1) is 16.4. The Morgan fingerprint density at radius 2 is 1.50 bits per heavy atom. The van der Waals surface area contributed by atoms with Crippen LogP contribution in [0.15, 0.2) is 0 Å². The van der Waals surface area contributed by atoms with E-state index in [9.17, 15) is 31.5 Å². The number of hydrogen-bond acceptors (Lipinski definition) is 5. The second-order valence-corrected chi connectivity index (χ2v) is 10.2. The summed E-state index contributed by atoms with van der Waals surface area (Å²) in [5.41, 5.74) is -2.71. The number of hydrogen-bond donors (Lipinski definition) is 1. The number of aliphatic hydroxyl groups is 1. The Hall–Kier alpha value is -1.45. The number of halogens is 5. The van der Waals surface area contributed by atoms with Crippen LogP contribution in [0.2, 0.25) is 0 Å². The van der Waals surface area contributed by atoms with E-state index in [4.69, 9.17) is 9.84 Å². The second kappa shape index (κ2) is 16.4. The first kappa shape index (κ1) is 36.7. The van der Waals surface area contributed by atoms with Gasteiger partial charge in [0.1, 0.15) is 12.2 Å². The van der Waals surface area contributed by atoms with Gasteiger partial charge in [-0.05, 0) is 77.6 Å². The standard InChI is InChI=1S/C13H19F3O3.C9H18O2.2C2H5F/c1-7-8(2)10-5-9(7)6-12(10,13(14,15)16)11(18)19-4-3-17;1-6-7(2)8(10)11-9(3,4)5;2*1-2-3/h7-10,17H,3-6H2,1-2H3;7H,6H2,1-5H3;2*2H2,1H3. The molecule has 0 aromatic heterocycles. The number of alkyl halides is 5. The lowest BCUT2D eigenvalue weighted by atomic mass is 9.65. The van der Waals surface area contributed by atoms with Crippen molar-refractivity contribution in [2.24, 2.45) is 35.0 Å². The molecule has 2 aliphatic rings. The van der Waals surface area contributed by atoms with E-state index in [0.717, 1.165) is 6.42 Å². The zero-order chi connectivity index (χ0) is 28.9. The fraction of sp³-hybridized carbons (Fsp3) is 0.923. The predicted octanol–water partition coefficient (Wildman–Crippen LogP) is 6.71. The maximum atomic E-state index is 13.5. The summed E-state index contributed by atoms with van der Waals surface area (Å²) in [6, 6.07) is 0. The van der Waals surface area contributed by atoms with Crippen LogP contribution in [0.4, 0.5) is 22.0 Å². The number of rotatable bonds is 5. The molecule has 2 fully saturated rings. The minimum atomic E-state index is -4.59. The number of ether oxygens (including phenoxy) is 2. The average molecular weight is 535 g/mol. The van der Waals surface area contributed by atoms with Crippen molar-refractivity contribution in [3.8, 4) is 0 Å². The molecular formula is C26H47F5O5. The van der Waals surface area contributed by atoms with Crippen LogP contribution in [-0.2, 0) is 19.1 Å². The van der Waals surface area contributed by atoms with Gasteiger partial charge in [0.25, 0.3) is 0 Å². The van der Waals surface area contributed by atoms with Crippen molar-refractivity contribution in [3.05, 3.63) is 0 Å². The smallest absolute Gasteiger partial charge is 0.405 e. The Balaban J connectivity index is 0. The second-order valence-electron chi connectivity index (χ2n) is 10.2. The zero-order valence-electron chi connectivity index (χ0n) is 23.3. The quantitative estimate of drug-likeness (QED) is 0.314. The Morgan fingerprint density at radius 1 is 1.03 bits per heavy atom. The molecule has 1 N–H and O–H groups in total. The topological polar surface area (TPSA) is 72.8 Å². The molecule has 2 bridgehead atoms. The van der Waals surface area contributed by atoms with Crippen LogP contribution >= 0.6 is 0 Å². The van der Waals surface area contributed by atoms with E-state index in [1.807, 2.05) is 41.5 Å². The molecular weight excluding hydrogens is 487 g/mol. The molecule has 0 aliphatic heterocycles. The third-order valence-electron chi connectivity index (χ3n) is 6.60. The molecule has 2 rings (SSSR count). The number of fused-ring (bicyclic) bond motifs is 2. The van der Waals surface area contributed by atoms with Gasteiger partial charge in [-0.25, -0.2) is 0 Å². The minimum absolute atomic E-state index is 0.0224. The zero-order valence-corrected chi connectivity index (χ0v) is 23.3. The summed E-state index contributed by atoms with van der Waals surface area (Å²) in [5, 5.41) is 8.61. The summed E-state index contributed by atoms with van der Waals surface area (Å²) >= 11 is 0. The Kier molecular flexibility index (Phi) is 16.7. The molecule has 0 aromatic carbocycles. The highest BCUT2D eigenvalue weighted by atomic mass is 19.4. The molecule has 6 unspecified atom stereocenters. The van der Waals surface area contributed by atoms with E-state index in [2.05, 4.69) is 4.74 Å². The normalized spacial score (nSPS) is 27.3. The summed E-state index contributed by atoms with van der Waals surface area (Å²) in [6.45, 7) is 14.8. The minimum Gasteiger partial charge on any atom is -0.463 e. The molecule has 0 spiro atoms. The molecule has 0 saturated heterocycles. The van der Waals surface area contributed by atoms with Gasteiger partial charge in [0, 0.05) is 0 Å². The highest BCUT2D eigenvalue weighted by Gasteiger charge is 2.73. The van der Waals surface area contributed by atoms with Crippen LogP contribution in [0, 0.1) is 35.0 Å².